The maximum atomic E-state index is 10.9. The van der Waals surface area contributed by atoms with Gasteiger partial charge in [-0.05, 0) is 38.9 Å². The molecule has 0 radical (unpaired) electrons. The summed E-state index contributed by atoms with van der Waals surface area (Å²) in [5.41, 5.74) is -0.675. The van der Waals surface area contributed by atoms with Crippen molar-refractivity contribution in [2.45, 2.75) is 25.3 Å². The van der Waals surface area contributed by atoms with Crippen molar-refractivity contribution in [3.8, 4) is 11.8 Å². The molecule has 1 atom stereocenters. The van der Waals surface area contributed by atoms with Crippen LogP contribution in [0.5, 0.6) is 5.75 Å². The first-order chi connectivity index (χ1) is 9.41. The van der Waals surface area contributed by atoms with Crippen molar-refractivity contribution in [1.82, 2.24) is 5.32 Å². The van der Waals surface area contributed by atoms with Crippen molar-refractivity contribution in [3.05, 3.63) is 32.8 Å². The van der Waals surface area contributed by atoms with Crippen LogP contribution in [0.4, 0.5) is 5.69 Å². The molecule has 0 spiro atoms. The average Bonchev–Trinajstić information content (AvgIpc) is 2.44. The SMILES string of the molecule is CNC(C)(C#N)CCCOc1ccc(Br)cc1[N+](=O)[O-]. The van der Waals surface area contributed by atoms with Gasteiger partial charge in [-0.2, -0.15) is 5.26 Å². The fraction of sp³-hybridized carbons (Fsp3) is 0.462. The summed E-state index contributed by atoms with van der Waals surface area (Å²) in [6.07, 6.45) is 1.22. The van der Waals surface area contributed by atoms with E-state index in [4.69, 9.17) is 10.00 Å². The Morgan fingerprint density at radius 2 is 2.30 bits per heavy atom. The molecule has 0 saturated carbocycles. The van der Waals surface area contributed by atoms with E-state index in [1.807, 2.05) is 0 Å². The van der Waals surface area contributed by atoms with Crippen LogP contribution in [0.3, 0.4) is 0 Å². The van der Waals surface area contributed by atoms with Crippen LogP contribution in [-0.2, 0) is 0 Å². The lowest BCUT2D eigenvalue weighted by molar-refractivity contribution is -0.385. The summed E-state index contributed by atoms with van der Waals surface area (Å²) in [4.78, 5) is 10.4. The topological polar surface area (TPSA) is 88.2 Å². The zero-order valence-corrected chi connectivity index (χ0v) is 12.9. The van der Waals surface area contributed by atoms with E-state index in [9.17, 15) is 10.1 Å². The number of nitro groups is 1. The van der Waals surface area contributed by atoms with E-state index < -0.39 is 10.5 Å². The van der Waals surface area contributed by atoms with Crippen LogP contribution >= 0.6 is 15.9 Å². The molecular weight excluding hydrogens is 326 g/mol. The van der Waals surface area contributed by atoms with Crippen molar-refractivity contribution < 1.29 is 9.66 Å². The summed E-state index contributed by atoms with van der Waals surface area (Å²) < 4.78 is 6.07. The van der Waals surface area contributed by atoms with Crippen LogP contribution in [0.15, 0.2) is 22.7 Å². The summed E-state index contributed by atoms with van der Waals surface area (Å²) in [6.45, 7) is 2.12. The highest BCUT2D eigenvalue weighted by Gasteiger charge is 2.21. The van der Waals surface area contributed by atoms with Crippen molar-refractivity contribution in [1.29, 1.82) is 5.26 Å². The average molecular weight is 342 g/mol. The second-order valence-electron chi connectivity index (χ2n) is 4.52. The third-order valence-corrected chi connectivity index (χ3v) is 3.49. The molecule has 1 rings (SSSR count). The Hall–Kier alpha value is -1.65. The first kappa shape index (κ1) is 16.4. The molecule has 0 aliphatic rings. The van der Waals surface area contributed by atoms with Crippen LogP contribution in [0.2, 0.25) is 0 Å². The van der Waals surface area contributed by atoms with Gasteiger partial charge in [0.05, 0.1) is 17.6 Å². The summed E-state index contributed by atoms with van der Waals surface area (Å²) >= 11 is 3.19. The van der Waals surface area contributed by atoms with Crippen LogP contribution in [0, 0.1) is 21.4 Å². The molecule has 1 N–H and O–H groups in total. The number of hydrogen-bond donors (Lipinski definition) is 1. The molecule has 0 aliphatic heterocycles. The molecule has 0 heterocycles. The van der Waals surface area contributed by atoms with Crippen LogP contribution in [0.1, 0.15) is 19.8 Å². The van der Waals surface area contributed by atoms with Crippen molar-refractivity contribution in [2.75, 3.05) is 13.7 Å². The molecule has 0 fully saturated rings. The molecule has 0 aliphatic carbocycles. The van der Waals surface area contributed by atoms with Gasteiger partial charge < -0.3 is 10.1 Å². The van der Waals surface area contributed by atoms with E-state index in [1.54, 1.807) is 26.1 Å². The van der Waals surface area contributed by atoms with E-state index >= 15 is 0 Å². The molecule has 7 heteroatoms. The van der Waals surface area contributed by atoms with Gasteiger partial charge in [0.2, 0.25) is 0 Å². The van der Waals surface area contributed by atoms with Crippen LogP contribution < -0.4 is 10.1 Å². The first-order valence-electron chi connectivity index (χ1n) is 6.09. The Bertz CT molecular complexity index is 530. The highest BCUT2D eigenvalue weighted by Crippen LogP contribution is 2.30. The highest BCUT2D eigenvalue weighted by molar-refractivity contribution is 9.10. The summed E-state index contributed by atoms with van der Waals surface area (Å²) in [6, 6.07) is 6.84. The lowest BCUT2D eigenvalue weighted by atomic mass is 9.98. The molecule has 108 valence electrons. The number of halogens is 1. The predicted octanol–water partition coefficient (Wildman–Crippen LogP) is 3.02. The fourth-order valence-corrected chi connectivity index (χ4v) is 1.95. The molecule has 1 aromatic rings. The third kappa shape index (κ3) is 4.47. The van der Waals surface area contributed by atoms with Gasteiger partial charge in [0.25, 0.3) is 0 Å². The lowest BCUT2D eigenvalue weighted by Gasteiger charge is -2.20. The number of nitrogens with one attached hydrogen (secondary N) is 1. The Labute approximate surface area is 126 Å². The molecule has 0 aromatic heterocycles. The van der Waals surface area contributed by atoms with Crippen LogP contribution in [0.25, 0.3) is 0 Å². The zero-order valence-electron chi connectivity index (χ0n) is 11.4. The van der Waals surface area contributed by atoms with Gasteiger partial charge >= 0.3 is 5.69 Å². The normalized spacial score (nSPS) is 13.3. The smallest absolute Gasteiger partial charge is 0.312 e. The quantitative estimate of drug-likeness (QED) is 0.467. The summed E-state index contributed by atoms with van der Waals surface area (Å²) in [7, 11) is 1.73. The van der Waals surface area contributed by atoms with E-state index in [-0.39, 0.29) is 11.4 Å². The maximum Gasteiger partial charge on any atom is 0.312 e. The predicted molar refractivity (Wildman–Crippen MR) is 78.6 cm³/mol. The second-order valence-corrected chi connectivity index (χ2v) is 5.43. The number of hydrogen-bond acceptors (Lipinski definition) is 5. The molecule has 20 heavy (non-hydrogen) atoms. The molecule has 6 nitrogen and oxygen atoms in total. The maximum absolute atomic E-state index is 10.9. The molecule has 0 amide bonds. The first-order valence-corrected chi connectivity index (χ1v) is 6.88. The minimum atomic E-state index is -0.602. The van der Waals surface area contributed by atoms with Gasteiger partial charge in [-0.25, -0.2) is 0 Å². The minimum absolute atomic E-state index is 0.0731. The third-order valence-electron chi connectivity index (χ3n) is 2.99. The number of benzene rings is 1. The van der Waals surface area contributed by atoms with E-state index in [1.165, 1.54) is 6.07 Å². The molecule has 0 bridgehead atoms. The molecule has 1 unspecified atom stereocenters. The largest absolute Gasteiger partial charge is 0.487 e. The highest BCUT2D eigenvalue weighted by atomic mass is 79.9. The number of nitrogens with zero attached hydrogens (tertiary/aromatic N) is 2. The summed E-state index contributed by atoms with van der Waals surface area (Å²) in [5, 5.41) is 22.8. The van der Waals surface area contributed by atoms with Gasteiger partial charge in [-0.15, -0.1) is 0 Å². The van der Waals surface area contributed by atoms with Gasteiger partial charge in [-0.3, -0.25) is 10.1 Å². The zero-order chi connectivity index (χ0) is 15.2. The van der Waals surface area contributed by atoms with E-state index in [2.05, 4.69) is 27.3 Å². The van der Waals surface area contributed by atoms with Gasteiger partial charge in [-0.1, -0.05) is 15.9 Å². The Morgan fingerprint density at radius 3 is 2.85 bits per heavy atom. The number of nitro benzene ring substituents is 1. The minimum Gasteiger partial charge on any atom is -0.487 e. The van der Waals surface area contributed by atoms with Gasteiger partial charge in [0.15, 0.2) is 5.75 Å². The monoisotopic (exact) mass is 341 g/mol. The molecule has 1 aromatic carbocycles. The molecule has 0 saturated heterocycles. The Balaban J connectivity index is 2.59. The Morgan fingerprint density at radius 1 is 1.60 bits per heavy atom. The molecular formula is C13H16BrN3O3. The Kier molecular flexibility index (Phi) is 5.92. The number of rotatable bonds is 7. The lowest BCUT2D eigenvalue weighted by Crippen LogP contribution is -2.38. The van der Waals surface area contributed by atoms with Gasteiger partial charge in [0, 0.05) is 10.5 Å². The summed E-state index contributed by atoms with van der Waals surface area (Å²) in [5.74, 6) is 0.237. The van der Waals surface area contributed by atoms with Crippen molar-refractivity contribution in [3.63, 3.8) is 0 Å². The van der Waals surface area contributed by atoms with E-state index in [0.717, 1.165) is 0 Å². The van der Waals surface area contributed by atoms with E-state index in [0.29, 0.717) is 23.9 Å². The van der Waals surface area contributed by atoms with Crippen molar-refractivity contribution >= 4 is 21.6 Å². The van der Waals surface area contributed by atoms with Crippen molar-refractivity contribution in [2.24, 2.45) is 0 Å². The second kappa shape index (κ2) is 7.22. The standard InChI is InChI=1S/C13H16BrN3O3/c1-13(9-15,16-2)6-3-7-20-12-5-4-10(14)8-11(12)17(18)19/h4-5,8,16H,3,6-7H2,1-2H3. The van der Waals surface area contributed by atoms with Crippen LogP contribution in [-0.4, -0.2) is 24.1 Å². The fourth-order valence-electron chi connectivity index (χ4n) is 1.60. The van der Waals surface area contributed by atoms with Gasteiger partial charge in [0.1, 0.15) is 5.54 Å². The number of ether oxygens (including phenoxy) is 1. The number of nitriles is 1.